The highest BCUT2D eigenvalue weighted by molar-refractivity contribution is 5.84. The molecule has 27 heavy (non-hydrogen) atoms. The largest absolute Gasteiger partial charge is 0.369 e. The van der Waals surface area contributed by atoms with Crippen molar-refractivity contribution in [2.75, 3.05) is 38.1 Å². The molecule has 0 unspecified atom stereocenters. The van der Waals surface area contributed by atoms with Gasteiger partial charge in [-0.15, -0.1) is 0 Å². The average molecular weight is 368 g/mol. The van der Waals surface area contributed by atoms with Crippen molar-refractivity contribution in [1.82, 2.24) is 15.1 Å². The molecule has 4 rings (SSSR count). The Bertz CT molecular complexity index is 959. The van der Waals surface area contributed by atoms with Gasteiger partial charge in [-0.1, -0.05) is 12.1 Å². The molecule has 1 fully saturated rings. The van der Waals surface area contributed by atoms with E-state index in [0.717, 1.165) is 54.4 Å². The fraction of sp³-hybridized carbons (Fsp3) is 0.286. The van der Waals surface area contributed by atoms with Gasteiger partial charge >= 0.3 is 0 Å². The summed E-state index contributed by atoms with van der Waals surface area (Å²) in [5.74, 6) is -1.69. The molecule has 1 N–H and O–H groups in total. The van der Waals surface area contributed by atoms with Gasteiger partial charge in [0.1, 0.15) is 0 Å². The summed E-state index contributed by atoms with van der Waals surface area (Å²) in [5, 5.41) is 7.36. The third kappa shape index (κ3) is 3.57. The molecule has 3 aromatic rings. The van der Waals surface area contributed by atoms with E-state index >= 15 is 0 Å². The number of halogens is 2. The molecule has 0 spiro atoms. The molecule has 0 saturated carbocycles. The number of H-pyrrole nitrogens is 1. The SMILES string of the molecule is Cc1cc(-c2cc(N3CCN(C)CC3)ccc2-c2ccc(F)c(F)c2)n[nH]1. The van der Waals surface area contributed by atoms with E-state index in [1.54, 1.807) is 6.07 Å². The maximum absolute atomic E-state index is 13.8. The molecule has 0 aliphatic carbocycles. The van der Waals surface area contributed by atoms with Crippen molar-refractivity contribution in [3.05, 3.63) is 59.8 Å². The van der Waals surface area contributed by atoms with Crippen LogP contribution in [0.4, 0.5) is 14.5 Å². The number of hydrogen-bond acceptors (Lipinski definition) is 3. The number of nitrogens with zero attached hydrogens (tertiary/aromatic N) is 3. The number of piperazine rings is 1. The minimum Gasteiger partial charge on any atom is -0.369 e. The van der Waals surface area contributed by atoms with E-state index in [1.807, 2.05) is 25.1 Å². The molecule has 2 heterocycles. The van der Waals surface area contributed by atoms with Crippen LogP contribution in [0.2, 0.25) is 0 Å². The van der Waals surface area contributed by atoms with Crippen molar-refractivity contribution in [2.24, 2.45) is 0 Å². The van der Waals surface area contributed by atoms with E-state index in [9.17, 15) is 8.78 Å². The molecule has 1 aliphatic rings. The highest BCUT2D eigenvalue weighted by atomic mass is 19.2. The van der Waals surface area contributed by atoms with Crippen molar-refractivity contribution >= 4 is 5.69 Å². The lowest BCUT2D eigenvalue weighted by atomic mass is 9.96. The molecular weight excluding hydrogens is 346 g/mol. The van der Waals surface area contributed by atoms with Crippen LogP contribution in [0.1, 0.15) is 5.69 Å². The van der Waals surface area contributed by atoms with Gasteiger partial charge in [0.2, 0.25) is 0 Å². The summed E-state index contributed by atoms with van der Waals surface area (Å²) in [6.45, 7) is 5.89. The van der Waals surface area contributed by atoms with Crippen LogP contribution in [0.15, 0.2) is 42.5 Å². The van der Waals surface area contributed by atoms with Crippen LogP contribution >= 0.6 is 0 Å². The standard InChI is InChI=1S/C21H22F2N4/c1-14-11-21(25-24-14)18-13-16(27-9-7-26(2)8-10-27)4-5-17(18)15-3-6-19(22)20(23)12-15/h3-6,11-13H,7-10H2,1-2H3,(H,24,25). The Kier molecular flexibility index (Phi) is 4.66. The molecule has 1 aliphatic heterocycles. The van der Waals surface area contributed by atoms with E-state index in [2.05, 4.69) is 33.1 Å². The summed E-state index contributed by atoms with van der Waals surface area (Å²) >= 11 is 0. The molecular formula is C21H22F2N4. The topological polar surface area (TPSA) is 35.2 Å². The number of aromatic amines is 1. The number of likely N-dealkylation sites (N-methyl/N-ethyl adjacent to an activating group) is 1. The minimum absolute atomic E-state index is 0.634. The van der Waals surface area contributed by atoms with E-state index in [1.165, 1.54) is 12.1 Å². The highest BCUT2D eigenvalue weighted by Gasteiger charge is 2.18. The van der Waals surface area contributed by atoms with Crippen molar-refractivity contribution in [1.29, 1.82) is 0 Å². The summed E-state index contributed by atoms with van der Waals surface area (Å²) in [7, 11) is 2.13. The van der Waals surface area contributed by atoms with Gasteiger partial charge in [-0.2, -0.15) is 5.10 Å². The molecule has 4 nitrogen and oxygen atoms in total. The third-order valence-corrected chi connectivity index (χ3v) is 5.08. The van der Waals surface area contributed by atoms with Crippen LogP contribution in [0.5, 0.6) is 0 Å². The number of benzene rings is 2. The number of hydrogen-bond donors (Lipinski definition) is 1. The van der Waals surface area contributed by atoms with Crippen LogP contribution in [0, 0.1) is 18.6 Å². The molecule has 1 saturated heterocycles. The summed E-state index contributed by atoms with van der Waals surface area (Å²) in [4.78, 5) is 4.65. The van der Waals surface area contributed by atoms with Crippen LogP contribution in [-0.2, 0) is 0 Å². The maximum atomic E-state index is 13.8. The van der Waals surface area contributed by atoms with Gasteiger partial charge < -0.3 is 9.80 Å². The number of aryl methyl sites for hydroxylation is 1. The van der Waals surface area contributed by atoms with Gasteiger partial charge in [-0.3, -0.25) is 5.10 Å². The Labute approximate surface area is 157 Å². The first kappa shape index (κ1) is 17.7. The Hall–Kier alpha value is -2.73. The van der Waals surface area contributed by atoms with Crippen molar-refractivity contribution < 1.29 is 8.78 Å². The van der Waals surface area contributed by atoms with Gasteiger partial charge in [0.05, 0.1) is 5.69 Å². The molecule has 0 bridgehead atoms. The zero-order valence-electron chi connectivity index (χ0n) is 15.5. The lowest BCUT2D eigenvalue weighted by Gasteiger charge is -2.34. The summed E-state index contributed by atoms with van der Waals surface area (Å²) in [5.41, 5.74) is 5.23. The van der Waals surface area contributed by atoms with Gasteiger partial charge in [-0.05, 0) is 55.4 Å². The van der Waals surface area contributed by atoms with E-state index < -0.39 is 11.6 Å². The second-order valence-corrected chi connectivity index (χ2v) is 7.09. The van der Waals surface area contributed by atoms with E-state index in [-0.39, 0.29) is 0 Å². The molecule has 1 aromatic heterocycles. The Balaban J connectivity index is 1.79. The smallest absolute Gasteiger partial charge is 0.159 e. The fourth-order valence-corrected chi connectivity index (χ4v) is 3.48. The second-order valence-electron chi connectivity index (χ2n) is 7.09. The molecule has 0 amide bonds. The van der Waals surface area contributed by atoms with Gasteiger partial charge in [0, 0.05) is 43.1 Å². The lowest BCUT2D eigenvalue weighted by molar-refractivity contribution is 0.313. The van der Waals surface area contributed by atoms with Crippen molar-refractivity contribution in [3.8, 4) is 22.4 Å². The number of nitrogens with one attached hydrogen (secondary N) is 1. The first-order valence-corrected chi connectivity index (χ1v) is 9.06. The Morgan fingerprint density at radius 2 is 1.67 bits per heavy atom. The monoisotopic (exact) mass is 368 g/mol. The minimum atomic E-state index is -0.847. The van der Waals surface area contributed by atoms with Crippen LogP contribution in [0.25, 0.3) is 22.4 Å². The predicted molar refractivity (Wildman–Crippen MR) is 104 cm³/mol. The first-order chi connectivity index (χ1) is 13.0. The van der Waals surface area contributed by atoms with Crippen molar-refractivity contribution in [2.45, 2.75) is 6.92 Å². The third-order valence-electron chi connectivity index (χ3n) is 5.08. The molecule has 0 atom stereocenters. The molecule has 2 aromatic carbocycles. The lowest BCUT2D eigenvalue weighted by Crippen LogP contribution is -2.44. The Morgan fingerprint density at radius 3 is 2.33 bits per heavy atom. The van der Waals surface area contributed by atoms with E-state index in [0.29, 0.717) is 5.56 Å². The van der Waals surface area contributed by atoms with Crippen LogP contribution in [0.3, 0.4) is 0 Å². The molecule has 140 valence electrons. The quantitative estimate of drug-likeness (QED) is 0.757. The molecule has 6 heteroatoms. The second kappa shape index (κ2) is 7.12. The fourth-order valence-electron chi connectivity index (χ4n) is 3.48. The number of anilines is 1. The van der Waals surface area contributed by atoms with Crippen LogP contribution in [-0.4, -0.2) is 48.3 Å². The van der Waals surface area contributed by atoms with Crippen molar-refractivity contribution in [3.63, 3.8) is 0 Å². The number of rotatable bonds is 3. The number of aromatic nitrogens is 2. The summed E-state index contributed by atoms with van der Waals surface area (Å²) in [6.07, 6.45) is 0. The highest BCUT2D eigenvalue weighted by Crippen LogP contribution is 2.35. The summed E-state index contributed by atoms with van der Waals surface area (Å²) < 4.78 is 27.2. The molecule has 0 radical (unpaired) electrons. The average Bonchev–Trinajstić information content (AvgIpc) is 3.10. The van der Waals surface area contributed by atoms with E-state index in [4.69, 9.17) is 0 Å². The Morgan fingerprint density at radius 1 is 0.889 bits per heavy atom. The van der Waals surface area contributed by atoms with Gasteiger partial charge in [0.15, 0.2) is 11.6 Å². The normalized spacial score (nSPS) is 15.3. The first-order valence-electron chi connectivity index (χ1n) is 9.06. The van der Waals surface area contributed by atoms with Crippen LogP contribution < -0.4 is 4.90 Å². The maximum Gasteiger partial charge on any atom is 0.159 e. The van der Waals surface area contributed by atoms with Gasteiger partial charge in [0.25, 0.3) is 0 Å². The summed E-state index contributed by atoms with van der Waals surface area (Å²) in [6, 6.07) is 12.1. The zero-order valence-corrected chi connectivity index (χ0v) is 15.5. The van der Waals surface area contributed by atoms with Gasteiger partial charge in [-0.25, -0.2) is 8.78 Å². The zero-order chi connectivity index (χ0) is 19.0. The predicted octanol–water partition coefficient (Wildman–Crippen LogP) is 4.08.